The lowest BCUT2D eigenvalue weighted by Crippen LogP contribution is -2.48. The largest absolute Gasteiger partial charge is 0.462 e. The molecular formula is C19H28N2O3S. The fourth-order valence-electron chi connectivity index (χ4n) is 3.38. The van der Waals surface area contributed by atoms with E-state index in [1.165, 1.54) is 12.8 Å². The van der Waals surface area contributed by atoms with Crippen LogP contribution in [0.3, 0.4) is 0 Å². The number of benzene rings is 1. The number of ether oxygens (including phenoxy) is 2. The van der Waals surface area contributed by atoms with Crippen molar-refractivity contribution in [1.82, 2.24) is 5.32 Å². The van der Waals surface area contributed by atoms with Gasteiger partial charge in [-0.15, -0.1) is 0 Å². The SMILES string of the molecule is CCOC(=O)c1cccc(NC(=S)NC2(CCOC)CCCC2)c1C. The molecule has 1 aromatic carbocycles. The molecular weight excluding hydrogens is 336 g/mol. The lowest BCUT2D eigenvalue weighted by atomic mass is 9.94. The van der Waals surface area contributed by atoms with Gasteiger partial charge in [0.15, 0.2) is 5.11 Å². The van der Waals surface area contributed by atoms with Crippen LogP contribution in [0.5, 0.6) is 0 Å². The third-order valence-electron chi connectivity index (χ3n) is 4.80. The van der Waals surface area contributed by atoms with E-state index in [-0.39, 0.29) is 11.5 Å². The first-order valence-electron chi connectivity index (χ1n) is 8.86. The second-order valence-electron chi connectivity index (χ2n) is 6.51. The summed E-state index contributed by atoms with van der Waals surface area (Å²) in [6.45, 7) is 4.77. The van der Waals surface area contributed by atoms with E-state index in [9.17, 15) is 4.79 Å². The standard InChI is InChI=1S/C19H28N2O3S/c1-4-24-17(22)15-8-7-9-16(14(15)2)20-18(25)21-19(12-13-23-3)10-5-6-11-19/h7-9H,4-6,10-13H2,1-3H3,(H2,20,21,25). The molecule has 1 aromatic rings. The number of anilines is 1. The van der Waals surface area contributed by atoms with Crippen LogP contribution < -0.4 is 10.6 Å². The highest BCUT2D eigenvalue weighted by Gasteiger charge is 2.34. The van der Waals surface area contributed by atoms with Gasteiger partial charge in [-0.3, -0.25) is 0 Å². The van der Waals surface area contributed by atoms with Gasteiger partial charge in [0.1, 0.15) is 0 Å². The number of hydrogen-bond donors (Lipinski definition) is 2. The Morgan fingerprint density at radius 1 is 1.32 bits per heavy atom. The number of carbonyl (C=O) groups excluding carboxylic acids is 1. The molecule has 1 saturated carbocycles. The third kappa shape index (κ3) is 5.16. The van der Waals surface area contributed by atoms with E-state index < -0.39 is 0 Å². The van der Waals surface area contributed by atoms with Crippen molar-refractivity contribution in [2.75, 3.05) is 25.6 Å². The summed E-state index contributed by atoms with van der Waals surface area (Å²) in [5.41, 5.74) is 2.22. The van der Waals surface area contributed by atoms with Crippen molar-refractivity contribution in [2.45, 2.75) is 51.5 Å². The van der Waals surface area contributed by atoms with Crippen LogP contribution in [-0.4, -0.2) is 36.9 Å². The number of carbonyl (C=O) groups is 1. The zero-order valence-electron chi connectivity index (χ0n) is 15.3. The Balaban J connectivity index is 2.07. The van der Waals surface area contributed by atoms with Gasteiger partial charge in [-0.2, -0.15) is 0 Å². The predicted octanol–water partition coefficient (Wildman–Crippen LogP) is 3.81. The quantitative estimate of drug-likeness (QED) is 0.567. The topological polar surface area (TPSA) is 59.6 Å². The van der Waals surface area contributed by atoms with Gasteiger partial charge in [0, 0.05) is 24.9 Å². The van der Waals surface area contributed by atoms with E-state index >= 15 is 0 Å². The monoisotopic (exact) mass is 364 g/mol. The summed E-state index contributed by atoms with van der Waals surface area (Å²) in [6.07, 6.45) is 5.54. The minimum Gasteiger partial charge on any atom is -0.462 e. The Labute approximate surface area is 155 Å². The average Bonchev–Trinajstić information content (AvgIpc) is 3.03. The molecule has 0 amide bonds. The van der Waals surface area contributed by atoms with E-state index in [2.05, 4.69) is 10.6 Å². The molecule has 0 atom stereocenters. The van der Waals surface area contributed by atoms with Gasteiger partial charge in [-0.25, -0.2) is 4.79 Å². The summed E-state index contributed by atoms with van der Waals surface area (Å²) in [5, 5.41) is 7.33. The first-order chi connectivity index (χ1) is 12.0. The van der Waals surface area contributed by atoms with Crippen molar-refractivity contribution >= 4 is 29.0 Å². The van der Waals surface area contributed by atoms with Crippen LogP contribution in [0, 0.1) is 6.92 Å². The number of methoxy groups -OCH3 is 1. The summed E-state index contributed by atoms with van der Waals surface area (Å²) in [4.78, 5) is 12.0. The fourth-order valence-corrected chi connectivity index (χ4v) is 3.71. The van der Waals surface area contributed by atoms with E-state index in [0.717, 1.165) is 30.5 Å². The molecule has 0 heterocycles. The molecule has 6 heteroatoms. The summed E-state index contributed by atoms with van der Waals surface area (Å²) in [5.74, 6) is -0.310. The summed E-state index contributed by atoms with van der Waals surface area (Å²) >= 11 is 5.54. The lowest BCUT2D eigenvalue weighted by molar-refractivity contribution is 0.0525. The van der Waals surface area contributed by atoms with Crippen LogP contribution >= 0.6 is 12.2 Å². The highest BCUT2D eigenvalue weighted by molar-refractivity contribution is 7.80. The Hall–Kier alpha value is -1.66. The minimum absolute atomic E-state index is 0.00670. The number of rotatable bonds is 7. The van der Waals surface area contributed by atoms with Crippen molar-refractivity contribution in [3.63, 3.8) is 0 Å². The molecule has 0 unspecified atom stereocenters. The molecule has 0 spiro atoms. The van der Waals surface area contributed by atoms with Crippen molar-refractivity contribution in [3.8, 4) is 0 Å². The van der Waals surface area contributed by atoms with Gasteiger partial charge in [0.2, 0.25) is 0 Å². The van der Waals surface area contributed by atoms with Gasteiger partial charge in [0.25, 0.3) is 0 Å². The van der Waals surface area contributed by atoms with Crippen molar-refractivity contribution in [2.24, 2.45) is 0 Å². The van der Waals surface area contributed by atoms with Gasteiger partial charge in [0.05, 0.1) is 12.2 Å². The lowest BCUT2D eigenvalue weighted by Gasteiger charge is -2.32. The summed E-state index contributed by atoms with van der Waals surface area (Å²) in [6, 6.07) is 5.52. The van der Waals surface area contributed by atoms with Gasteiger partial charge in [-0.05, 0) is 63.0 Å². The zero-order chi connectivity index (χ0) is 18.3. The van der Waals surface area contributed by atoms with Crippen molar-refractivity contribution < 1.29 is 14.3 Å². The minimum atomic E-state index is -0.310. The predicted molar refractivity (Wildman–Crippen MR) is 104 cm³/mol. The molecule has 1 aliphatic carbocycles. The molecule has 5 nitrogen and oxygen atoms in total. The molecule has 25 heavy (non-hydrogen) atoms. The average molecular weight is 365 g/mol. The zero-order valence-corrected chi connectivity index (χ0v) is 16.1. The molecule has 0 bridgehead atoms. The summed E-state index contributed by atoms with van der Waals surface area (Å²) < 4.78 is 10.4. The number of hydrogen-bond acceptors (Lipinski definition) is 4. The Morgan fingerprint density at radius 2 is 2.04 bits per heavy atom. The van der Waals surface area contributed by atoms with E-state index in [0.29, 0.717) is 23.9 Å². The molecule has 0 aromatic heterocycles. The Kier molecular flexibility index (Phi) is 7.20. The highest BCUT2D eigenvalue weighted by Crippen LogP contribution is 2.33. The molecule has 0 radical (unpaired) electrons. The first kappa shape index (κ1) is 19.7. The smallest absolute Gasteiger partial charge is 0.338 e. The fraction of sp³-hybridized carbons (Fsp3) is 0.579. The number of thiocarbonyl (C=S) groups is 1. The molecule has 0 aliphatic heterocycles. The molecule has 0 saturated heterocycles. The molecule has 138 valence electrons. The van der Waals surface area contributed by atoms with Crippen LogP contribution in [0.15, 0.2) is 18.2 Å². The maximum Gasteiger partial charge on any atom is 0.338 e. The normalized spacial score (nSPS) is 15.6. The van der Waals surface area contributed by atoms with Gasteiger partial charge >= 0.3 is 5.97 Å². The van der Waals surface area contributed by atoms with Gasteiger partial charge in [-0.1, -0.05) is 18.9 Å². The van der Waals surface area contributed by atoms with Crippen LogP contribution in [0.2, 0.25) is 0 Å². The number of nitrogens with one attached hydrogen (secondary N) is 2. The second kappa shape index (κ2) is 9.15. The van der Waals surface area contributed by atoms with Crippen LogP contribution in [0.1, 0.15) is 54.9 Å². The molecule has 2 N–H and O–H groups in total. The molecule has 1 aliphatic rings. The summed E-state index contributed by atoms with van der Waals surface area (Å²) in [7, 11) is 1.73. The van der Waals surface area contributed by atoms with Gasteiger partial charge < -0.3 is 20.1 Å². The van der Waals surface area contributed by atoms with E-state index in [1.807, 2.05) is 19.1 Å². The Morgan fingerprint density at radius 3 is 2.68 bits per heavy atom. The second-order valence-corrected chi connectivity index (χ2v) is 6.92. The number of esters is 1. The van der Waals surface area contributed by atoms with E-state index in [4.69, 9.17) is 21.7 Å². The van der Waals surface area contributed by atoms with Crippen molar-refractivity contribution in [3.05, 3.63) is 29.3 Å². The first-order valence-corrected chi connectivity index (χ1v) is 9.27. The van der Waals surface area contributed by atoms with Crippen LogP contribution in [0.25, 0.3) is 0 Å². The maximum atomic E-state index is 12.0. The third-order valence-corrected chi connectivity index (χ3v) is 5.01. The van der Waals surface area contributed by atoms with Crippen LogP contribution in [-0.2, 0) is 9.47 Å². The van der Waals surface area contributed by atoms with E-state index in [1.54, 1.807) is 20.1 Å². The highest BCUT2D eigenvalue weighted by atomic mass is 32.1. The van der Waals surface area contributed by atoms with Crippen LogP contribution in [0.4, 0.5) is 5.69 Å². The molecule has 2 rings (SSSR count). The Bertz CT molecular complexity index is 613. The molecule has 1 fully saturated rings. The maximum absolute atomic E-state index is 12.0. The van der Waals surface area contributed by atoms with Crippen molar-refractivity contribution in [1.29, 1.82) is 0 Å².